The average molecular weight is 503 g/mol. The number of benzene rings is 1. The molecule has 0 saturated heterocycles. The van der Waals surface area contributed by atoms with Crippen molar-refractivity contribution < 1.29 is 22.6 Å². The van der Waals surface area contributed by atoms with Crippen LogP contribution in [0.2, 0.25) is 0 Å². The second-order valence-corrected chi connectivity index (χ2v) is 8.83. The Bertz CT molecular complexity index is 1150. The maximum atomic E-state index is 13.8. The molecule has 1 aliphatic rings. The van der Waals surface area contributed by atoms with Crippen LogP contribution in [0.4, 0.5) is 24.9 Å². The number of hydrogen-bond donors (Lipinski definition) is 1. The molecule has 1 aromatic carbocycles. The van der Waals surface area contributed by atoms with Gasteiger partial charge in [-0.05, 0) is 44.7 Å². The predicted molar refractivity (Wildman–Crippen MR) is 129 cm³/mol. The number of alkyl halides is 3. The van der Waals surface area contributed by atoms with Crippen molar-refractivity contribution in [3.63, 3.8) is 0 Å². The Labute approximate surface area is 207 Å². The second kappa shape index (κ2) is 11.1. The van der Waals surface area contributed by atoms with Crippen molar-refractivity contribution in [2.24, 2.45) is 0 Å². The van der Waals surface area contributed by atoms with E-state index in [2.05, 4.69) is 25.3 Å². The number of hydrogen-bond acceptors (Lipinski definition) is 8. The highest BCUT2D eigenvalue weighted by atomic mass is 19.4. The topological polar surface area (TPSA) is 85.3 Å². The fourth-order valence-electron chi connectivity index (χ4n) is 4.22. The third kappa shape index (κ3) is 6.20. The fourth-order valence-corrected chi connectivity index (χ4v) is 4.22. The molecule has 2 aromatic heterocycles. The van der Waals surface area contributed by atoms with Crippen LogP contribution in [-0.4, -0.2) is 46.2 Å². The van der Waals surface area contributed by atoms with Crippen LogP contribution in [0.5, 0.6) is 11.6 Å². The van der Waals surface area contributed by atoms with Gasteiger partial charge in [0.05, 0.1) is 11.7 Å². The zero-order valence-electron chi connectivity index (χ0n) is 20.4. The molecule has 0 spiro atoms. The summed E-state index contributed by atoms with van der Waals surface area (Å²) < 4.78 is 52.6. The first-order valence-electron chi connectivity index (χ1n) is 11.7. The number of nitrogens with one attached hydrogen (secondary N) is 1. The number of methoxy groups -OCH3 is 1. The van der Waals surface area contributed by atoms with Gasteiger partial charge in [0, 0.05) is 39.1 Å². The van der Waals surface area contributed by atoms with Crippen molar-refractivity contribution in [3.8, 4) is 11.6 Å². The van der Waals surface area contributed by atoms with Gasteiger partial charge >= 0.3 is 6.18 Å². The van der Waals surface area contributed by atoms with Crippen LogP contribution >= 0.6 is 0 Å². The van der Waals surface area contributed by atoms with Crippen LogP contribution in [0.25, 0.3) is 0 Å². The van der Waals surface area contributed by atoms with E-state index in [1.54, 1.807) is 25.3 Å². The van der Waals surface area contributed by atoms with Crippen molar-refractivity contribution in [2.45, 2.75) is 57.5 Å². The van der Waals surface area contributed by atoms with E-state index in [1.165, 1.54) is 6.33 Å². The Balaban J connectivity index is 1.52. The molecule has 0 bridgehead atoms. The van der Waals surface area contributed by atoms with Gasteiger partial charge in [-0.25, -0.2) is 15.0 Å². The van der Waals surface area contributed by atoms with E-state index >= 15 is 0 Å². The van der Waals surface area contributed by atoms with Crippen LogP contribution in [0.15, 0.2) is 43.0 Å². The summed E-state index contributed by atoms with van der Waals surface area (Å²) >= 11 is 0. The van der Waals surface area contributed by atoms with E-state index in [0.29, 0.717) is 17.2 Å². The third-order valence-corrected chi connectivity index (χ3v) is 6.35. The zero-order valence-corrected chi connectivity index (χ0v) is 20.4. The highest BCUT2D eigenvalue weighted by Gasteiger charge is 2.38. The number of aromatic nitrogens is 4. The number of ether oxygens (including phenoxy) is 2. The Morgan fingerprint density at radius 1 is 1.06 bits per heavy atom. The Morgan fingerprint density at radius 3 is 2.44 bits per heavy atom. The summed E-state index contributed by atoms with van der Waals surface area (Å²) in [5, 5.41) is 2.99. The minimum absolute atomic E-state index is 0.0700. The molecule has 2 heterocycles. The third-order valence-electron chi connectivity index (χ3n) is 6.35. The van der Waals surface area contributed by atoms with Crippen LogP contribution in [0.1, 0.15) is 42.4 Å². The molecule has 36 heavy (non-hydrogen) atoms. The molecule has 4 rings (SSSR count). The van der Waals surface area contributed by atoms with Gasteiger partial charge in [0.2, 0.25) is 11.8 Å². The Hall–Kier alpha value is -3.47. The van der Waals surface area contributed by atoms with Crippen LogP contribution < -0.4 is 15.0 Å². The largest absolute Gasteiger partial charge is 0.439 e. The highest BCUT2D eigenvalue weighted by Crippen LogP contribution is 2.37. The maximum absolute atomic E-state index is 13.8. The summed E-state index contributed by atoms with van der Waals surface area (Å²) in [5.74, 6) is 0.862. The Morgan fingerprint density at radius 2 is 1.78 bits per heavy atom. The molecule has 0 unspecified atom stereocenters. The normalized spacial score (nSPS) is 18.1. The van der Waals surface area contributed by atoms with Gasteiger partial charge in [-0.3, -0.25) is 0 Å². The van der Waals surface area contributed by atoms with Crippen molar-refractivity contribution in [1.82, 2.24) is 19.9 Å². The van der Waals surface area contributed by atoms with Crippen molar-refractivity contribution in [1.29, 1.82) is 0 Å². The molecule has 1 saturated carbocycles. The van der Waals surface area contributed by atoms with Gasteiger partial charge in [0.15, 0.2) is 0 Å². The smallest absolute Gasteiger partial charge is 0.421 e. The van der Waals surface area contributed by atoms with E-state index in [1.807, 2.05) is 31.2 Å². The van der Waals surface area contributed by atoms with Gasteiger partial charge in [0.1, 0.15) is 23.5 Å². The summed E-state index contributed by atoms with van der Waals surface area (Å²) in [6.45, 7) is 2.14. The number of rotatable bonds is 8. The monoisotopic (exact) mass is 502 g/mol. The summed E-state index contributed by atoms with van der Waals surface area (Å²) in [6.07, 6.45) is 2.37. The minimum Gasteiger partial charge on any atom is -0.439 e. The fraction of sp³-hybridized carbons (Fsp3) is 0.440. The number of halogens is 3. The summed E-state index contributed by atoms with van der Waals surface area (Å²) in [4.78, 5) is 18.0. The molecule has 1 aliphatic carbocycles. The van der Waals surface area contributed by atoms with Crippen LogP contribution in [0, 0.1) is 6.92 Å². The lowest BCUT2D eigenvalue weighted by molar-refractivity contribution is -0.137. The van der Waals surface area contributed by atoms with E-state index in [4.69, 9.17) is 9.47 Å². The number of nitrogens with zero attached hydrogens (tertiary/aromatic N) is 5. The summed E-state index contributed by atoms with van der Waals surface area (Å²) in [6, 6.07) is 7.43. The lowest BCUT2D eigenvalue weighted by Crippen LogP contribution is -2.38. The van der Waals surface area contributed by atoms with Gasteiger partial charge < -0.3 is 19.7 Å². The molecular weight excluding hydrogens is 473 g/mol. The quantitative estimate of drug-likeness (QED) is 0.439. The summed E-state index contributed by atoms with van der Waals surface area (Å²) in [5.41, 5.74) is 0.837. The van der Waals surface area contributed by atoms with Gasteiger partial charge in [-0.2, -0.15) is 18.2 Å². The minimum atomic E-state index is -4.58. The molecule has 0 radical (unpaired) electrons. The van der Waals surface area contributed by atoms with Gasteiger partial charge in [-0.15, -0.1) is 0 Å². The molecular formula is C25H29F3N6O2. The lowest BCUT2D eigenvalue weighted by atomic mass is 9.92. The SMILES string of the molecule is CO[C@H]1CC[C@@H](N(C)c2nc(NCc3cncnc3Oc3ccc(C)cc3)ncc2C(F)(F)F)CC1. The standard InChI is InChI=1S/C25H29F3N6O2/c1-16-4-8-20(9-5-16)36-23-17(12-29-15-32-23)13-30-24-31-14-21(25(26,27)28)22(33-24)34(2)18-6-10-19(35-3)11-7-18/h4-5,8-9,12,14-15,18-19H,6-7,10-11,13H2,1-3H3,(H,30,31,33)/t18-,19+. The second-order valence-electron chi connectivity index (χ2n) is 8.83. The van der Waals surface area contributed by atoms with Crippen LogP contribution in [0.3, 0.4) is 0 Å². The van der Waals surface area contributed by atoms with Crippen molar-refractivity contribution >= 4 is 11.8 Å². The lowest BCUT2D eigenvalue weighted by Gasteiger charge is -2.35. The molecule has 0 amide bonds. The molecule has 1 fully saturated rings. The maximum Gasteiger partial charge on any atom is 0.421 e. The van der Waals surface area contributed by atoms with E-state index in [9.17, 15) is 13.2 Å². The first kappa shape index (κ1) is 25.6. The molecule has 0 aliphatic heterocycles. The molecule has 1 N–H and O–H groups in total. The average Bonchev–Trinajstić information content (AvgIpc) is 2.88. The van der Waals surface area contributed by atoms with E-state index in [-0.39, 0.29) is 30.5 Å². The molecule has 0 atom stereocenters. The van der Waals surface area contributed by atoms with Crippen LogP contribution in [-0.2, 0) is 17.5 Å². The summed E-state index contributed by atoms with van der Waals surface area (Å²) in [7, 11) is 3.31. The molecule has 192 valence electrons. The first-order chi connectivity index (χ1) is 17.2. The highest BCUT2D eigenvalue weighted by molar-refractivity contribution is 5.51. The molecule has 3 aromatic rings. The van der Waals surface area contributed by atoms with Gasteiger partial charge in [-0.1, -0.05) is 17.7 Å². The number of anilines is 2. The van der Waals surface area contributed by atoms with Crippen molar-refractivity contribution in [2.75, 3.05) is 24.4 Å². The Kier molecular flexibility index (Phi) is 7.88. The predicted octanol–water partition coefficient (Wildman–Crippen LogP) is 5.39. The molecule has 11 heteroatoms. The molecule has 8 nitrogen and oxygen atoms in total. The van der Waals surface area contributed by atoms with E-state index < -0.39 is 11.7 Å². The van der Waals surface area contributed by atoms with Crippen molar-refractivity contribution in [3.05, 3.63) is 59.7 Å². The number of aryl methyl sites for hydroxylation is 1. The first-order valence-corrected chi connectivity index (χ1v) is 11.7. The van der Waals surface area contributed by atoms with E-state index in [0.717, 1.165) is 37.4 Å². The zero-order chi connectivity index (χ0) is 25.7. The van der Waals surface area contributed by atoms with Gasteiger partial charge in [0.25, 0.3) is 0 Å².